The minimum atomic E-state index is 0.729. The SMILES string of the molecule is Cc1ccc(NCc2cnc(N3CCOCC3)nc2)cc1. The standard InChI is InChI=1S/C16H20N4O/c1-13-2-4-15(5-3-13)17-10-14-11-18-16(19-12-14)20-6-8-21-9-7-20/h2-5,11-12,17H,6-10H2,1H3. The minimum Gasteiger partial charge on any atom is -0.381 e. The van der Waals surface area contributed by atoms with Crippen molar-refractivity contribution in [3.05, 3.63) is 47.8 Å². The molecule has 1 N–H and O–H groups in total. The number of aromatic nitrogens is 2. The first-order chi connectivity index (χ1) is 10.3. The zero-order valence-electron chi connectivity index (χ0n) is 12.2. The molecular formula is C16H20N4O. The van der Waals surface area contributed by atoms with Crippen LogP contribution in [0.5, 0.6) is 0 Å². The quantitative estimate of drug-likeness (QED) is 0.933. The van der Waals surface area contributed by atoms with E-state index in [0.29, 0.717) is 0 Å². The summed E-state index contributed by atoms with van der Waals surface area (Å²) in [6.45, 7) is 6.04. The van der Waals surface area contributed by atoms with E-state index in [-0.39, 0.29) is 0 Å². The molecule has 1 aliphatic heterocycles. The summed E-state index contributed by atoms with van der Waals surface area (Å²) in [4.78, 5) is 11.0. The molecular weight excluding hydrogens is 264 g/mol. The lowest BCUT2D eigenvalue weighted by molar-refractivity contribution is 0.122. The molecule has 1 fully saturated rings. The summed E-state index contributed by atoms with van der Waals surface area (Å²) >= 11 is 0. The van der Waals surface area contributed by atoms with Crippen molar-refractivity contribution in [2.24, 2.45) is 0 Å². The average molecular weight is 284 g/mol. The van der Waals surface area contributed by atoms with Gasteiger partial charge in [0, 0.05) is 43.3 Å². The first-order valence-electron chi connectivity index (χ1n) is 7.25. The van der Waals surface area contributed by atoms with Crippen molar-refractivity contribution in [2.45, 2.75) is 13.5 Å². The number of nitrogens with zero attached hydrogens (tertiary/aromatic N) is 3. The van der Waals surface area contributed by atoms with Crippen molar-refractivity contribution in [3.63, 3.8) is 0 Å². The van der Waals surface area contributed by atoms with Gasteiger partial charge in [0.2, 0.25) is 5.95 Å². The second kappa shape index (κ2) is 6.54. The molecule has 0 bridgehead atoms. The van der Waals surface area contributed by atoms with E-state index in [4.69, 9.17) is 4.74 Å². The van der Waals surface area contributed by atoms with Crippen LogP contribution in [-0.2, 0) is 11.3 Å². The first-order valence-corrected chi connectivity index (χ1v) is 7.25. The highest BCUT2D eigenvalue weighted by molar-refractivity contribution is 5.44. The van der Waals surface area contributed by atoms with Crippen LogP contribution < -0.4 is 10.2 Å². The van der Waals surface area contributed by atoms with Crippen molar-refractivity contribution in [1.82, 2.24) is 9.97 Å². The summed E-state index contributed by atoms with van der Waals surface area (Å²) in [5.41, 5.74) is 3.45. The van der Waals surface area contributed by atoms with Gasteiger partial charge < -0.3 is 15.0 Å². The number of morpholine rings is 1. The number of benzene rings is 1. The maximum absolute atomic E-state index is 5.33. The normalized spacial score (nSPS) is 15.0. The summed E-state index contributed by atoms with van der Waals surface area (Å²) in [6, 6.07) is 8.36. The molecule has 2 aromatic rings. The van der Waals surface area contributed by atoms with Gasteiger partial charge in [0.05, 0.1) is 13.2 Å². The molecule has 0 aliphatic carbocycles. The van der Waals surface area contributed by atoms with Crippen molar-refractivity contribution >= 4 is 11.6 Å². The maximum atomic E-state index is 5.33. The minimum absolute atomic E-state index is 0.729. The van der Waals surface area contributed by atoms with Crippen LogP contribution in [0.3, 0.4) is 0 Å². The molecule has 1 aromatic heterocycles. The van der Waals surface area contributed by atoms with E-state index in [2.05, 4.69) is 51.4 Å². The Labute approximate surface area is 125 Å². The highest BCUT2D eigenvalue weighted by Crippen LogP contribution is 2.12. The smallest absolute Gasteiger partial charge is 0.225 e. The van der Waals surface area contributed by atoms with Crippen molar-refractivity contribution in [3.8, 4) is 0 Å². The fourth-order valence-corrected chi connectivity index (χ4v) is 2.24. The van der Waals surface area contributed by atoms with E-state index in [9.17, 15) is 0 Å². The topological polar surface area (TPSA) is 50.3 Å². The molecule has 1 aliphatic rings. The summed E-state index contributed by atoms with van der Waals surface area (Å²) < 4.78 is 5.33. The van der Waals surface area contributed by atoms with Gasteiger partial charge >= 0.3 is 0 Å². The molecule has 0 atom stereocenters. The molecule has 0 spiro atoms. The molecule has 2 heterocycles. The van der Waals surface area contributed by atoms with Crippen molar-refractivity contribution in [1.29, 1.82) is 0 Å². The highest BCUT2D eigenvalue weighted by Gasteiger charge is 2.13. The molecule has 110 valence electrons. The molecule has 0 radical (unpaired) electrons. The Hall–Kier alpha value is -2.14. The lowest BCUT2D eigenvalue weighted by atomic mass is 10.2. The second-order valence-electron chi connectivity index (χ2n) is 5.21. The molecule has 0 unspecified atom stereocenters. The number of ether oxygens (including phenoxy) is 1. The third-order valence-corrected chi connectivity index (χ3v) is 3.53. The predicted octanol–water partition coefficient (Wildman–Crippen LogP) is 2.23. The molecule has 0 amide bonds. The number of aryl methyl sites for hydroxylation is 1. The highest BCUT2D eigenvalue weighted by atomic mass is 16.5. The van der Waals surface area contributed by atoms with Crippen molar-refractivity contribution < 1.29 is 4.74 Å². The third kappa shape index (κ3) is 3.70. The van der Waals surface area contributed by atoms with Crippen LogP contribution in [0.4, 0.5) is 11.6 Å². The van der Waals surface area contributed by atoms with Crippen LogP contribution in [0.25, 0.3) is 0 Å². The molecule has 1 saturated heterocycles. The van der Waals surface area contributed by atoms with Gasteiger partial charge in [0.15, 0.2) is 0 Å². The first kappa shape index (κ1) is 13.8. The van der Waals surface area contributed by atoms with Crippen LogP contribution in [0.2, 0.25) is 0 Å². The van der Waals surface area contributed by atoms with Crippen LogP contribution in [-0.4, -0.2) is 36.3 Å². The van der Waals surface area contributed by atoms with E-state index >= 15 is 0 Å². The van der Waals surface area contributed by atoms with E-state index in [1.54, 1.807) is 0 Å². The van der Waals surface area contributed by atoms with Gasteiger partial charge in [-0.15, -0.1) is 0 Å². The van der Waals surface area contributed by atoms with Crippen LogP contribution in [0.15, 0.2) is 36.7 Å². The largest absolute Gasteiger partial charge is 0.381 e. The molecule has 0 saturated carbocycles. The van der Waals surface area contributed by atoms with Gasteiger partial charge in [-0.05, 0) is 19.1 Å². The Morgan fingerprint density at radius 2 is 1.76 bits per heavy atom. The van der Waals surface area contributed by atoms with Gasteiger partial charge in [0.25, 0.3) is 0 Å². The van der Waals surface area contributed by atoms with Gasteiger partial charge in [-0.2, -0.15) is 0 Å². The fourth-order valence-electron chi connectivity index (χ4n) is 2.24. The Morgan fingerprint density at radius 1 is 1.10 bits per heavy atom. The van der Waals surface area contributed by atoms with Crippen molar-refractivity contribution in [2.75, 3.05) is 36.5 Å². The third-order valence-electron chi connectivity index (χ3n) is 3.53. The van der Waals surface area contributed by atoms with Gasteiger partial charge in [0.1, 0.15) is 0 Å². The van der Waals surface area contributed by atoms with Gasteiger partial charge in [-0.1, -0.05) is 17.7 Å². The van der Waals surface area contributed by atoms with Crippen LogP contribution in [0, 0.1) is 6.92 Å². The van der Waals surface area contributed by atoms with Gasteiger partial charge in [-0.3, -0.25) is 0 Å². The summed E-state index contributed by atoms with van der Waals surface area (Å²) in [5, 5.41) is 3.37. The Balaban J connectivity index is 1.57. The second-order valence-corrected chi connectivity index (χ2v) is 5.21. The lowest BCUT2D eigenvalue weighted by Gasteiger charge is -2.26. The monoisotopic (exact) mass is 284 g/mol. The summed E-state index contributed by atoms with van der Waals surface area (Å²) in [5.74, 6) is 0.789. The lowest BCUT2D eigenvalue weighted by Crippen LogP contribution is -2.37. The van der Waals surface area contributed by atoms with Gasteiger partial charge in [-0.25, -0.2) is 9.97 Å². The molecule has 1 aromatic carbocycles. The Kier molecular flexibility index (Phi) is 4.31. The zero-order valence-corrected chi connectivity index (χ0v) is 12.2. The van der Waals surface area contributed by atoms with E-state index in [0.717, 1.165) is 50.0 Å². The molecule has 5 nitrogen and oxygen atoms in total. The van der Waals surface area contributed by atoms with Crippen LogP contribution >= 0.6 is 0 Å². The van der Waals surface area contributed by atoms with Crippen LogP contribution in [0.1, 0.15) is 11.1 Å². The average Bonchev–Trinajstić information content (AvgIpc) is 2.56. The molecule has 5 heteroatoms. The summed E-state index contributed by atoms with van der Waals surface area (Å²) in [6.07, 6.45) is 3.78. The summed E-state index contributed by atoms with van der Waals surface area (Å²) in [7, 11) is 0. The predicted molar refractivity (Wildman–Crippen MR) is 83.6 cm³/mol. The number of hydrogen-bond acceptors (Lipinski definition) is 5. The number of rotatable bonds is 4. The maximum Gasteiger partial charge on any atom is 0.225 e. The molecule has 21 heavy (non-hydrogen) atoms. The van der Waals surface area contributed by atoms with E-state index in [1.807, 2.05) is 12.4 Å². The number of hydrogen-bond donors (Lipinski definition) is 1. The number of nitrogens with one attached hydrogen (secondary N) is 1. The van der Waals surface area contributed by atoms with E-state index < -0.39 is 0 Å². The number of anilines is 2. The Morgan fingerprint density at radius 3 is 2.43 bits per heavy atom. The zero-order chi connectivity index (χ0) is 14.5. The Bertz CT molecular complexity index is 562. The fraction of sp³-hybridized carbons (Fsp3) is 0.375. The molecule has 3 rings (SSSR count). The van der Waals surface area contributed by atoms with E-state index in [1.165, 1.54) is 5.56 Å².